The molecule has 102 valence electrons. The Kier molecular flexibility index (Phi) is 4.01. The number of benzene rings is 1. The van der Waals surface area contributed by atoms with Crippen LogP contribution in [0.2, 0.25) is 0 Å². The number of rotatable bonds is 4. The zero-order valence-corrected chi connectivity index (χ0v) is 11.0. The van der Waals surface area contributed by atoms with Gasteiger partial charge in [-0.1, -0.05) is 12.1 Å². The van der Waals surface area contributed by atoms with E-state index in [1.54, 1.807) is 6.08 Å². The Morgan fingerprint density at radius 3 is 2.50 bits per heavy atom. The maximum atomic E-state index is 11.4. The van der Waals surface area contributed by atoms with Crippen molar-refractivity contribution in [1.82, 2.24) is 10.6 Å². The van der Waals surface area contributed by atoms with Crippen molar-refractivity contribution in [2.45, 2.75) is 6.42 Å². The number of imide groups is 1. The summed E-state index contributed by atoms with van der Waals surface area (Å²) in [5.74, 6) is -0.426. The average Bonchev–Trinajstić information content (AvgIpc) is 2.75. The summed E-state index contributed by atoms with van der Waals surface area (Å²) in [5, 5.41) is 13.1. The third-order valence-corrected chi connectivity index (χ3v) is 2.92. The highest BCUT2D eigenvalue weighted by Gasteiger charge is 2.22. The molecule has 2 rings (SSSR count). The maximum absolute atomic E-state index is 11.4. The summed E-state index contributed by atoms with van der Waals surface area (Å²) in [6.07, 6.45) is 2.08. The van der Waals surface area contributed by atoms with Gasteiger partial charge < -0.3 is 10.2 Å². The molecule has 2 N–H and O–H groups in total. The fourth-order valence-electron chi connectivity index (χ4n) is 1.82. The fraction of sp³-hybridized carbons (Fsp3) is 0.214. The first-order valence-electron chi connectivity index (χ1n) is 6.12. The van der Waals surface area contributed by atoms with Gasteiger partial charge in [0.2, 0.25) is 0 Å². The van der Waals surface area contributed by atoms with Crippen molar-refractivity contribution < 1.29 is 9.59 Å². The van der Waals surface area contributed by atoms with Gasteiger partial charge in [-0.25, -0.2) is 4.79 Å². The molecule has 1 fully saturated rings. The van der Waals surface area contributed by atoms with Gasteiger partial charge >= 0.3 is 6.03 Å². The second-order valence-electron chi connectivity index (χ2n) is 4.39. The van der Waals surface area contributed by atoms with Crippen molar-refractivity contribution in [2.24, 2.45) is 0 Å². The predicted octanol–water partition coefficient (Wildman–Crippen LogP) is 1.22. The van der Waals surface area contributed by atoms with E-state index in [1.807, 2.05) is 36.2 Å². The van der Waals surface area contributed by atoms with Crippen LogP contribution in [0.15, 0.2) is 30.0 Å². The second-order valence-corrected chi connectivity index (χ2v) is 4.39. The Balaban J connectivity index is 2.09. The molecule has 1 saturated heterocycles. The summed E-state index contributed by atoms with van der Waals surface area (Å²) in [6, 6.07) is 9.10. The molecular weight excluding hydrogens is 256 g/mol. The lowest BCUT2D eigenvalue weighted by atomic mass is 10.1. The monoisotopic (exact) mass is 270 g/mol. The normalized spacial score (nSPS) is 15.7. The van der Waals surface area contributed by atoms with E-state index in [2.05, 4.69) is 16.7 Å². The largest absolute Gasteiger partial charge is 0.374 e. The molecule has 0 atom stereocenters. The number of carbonyl (C=O) groups is 2. The lowest BCUT2D eigenvalue weighted by Gasteiger charge is -2.17. The Hall–Kier alpha value is -2.81. The second kappa shape index (κ2) is 5.89. The summed E-state index contributed by atoms with van der Waals surface area (Å²) in [5.41, 5.74) is 2.04. The van der Waals surface area contributed by atoms with Crippen molar-refractivity contribution in [3.63, 3.8) is 0 Å². The van der Waals surface area contributed by atoms with Crippen molar-refractivity contribution in [1.29, 1.82) is 5.26 Å². The molecule has 1 aliphatic heterocycles. The van der Waals surface area contributed by atoms with E-state index in [-0.39, 0.29) is 5.70 Å². The molecule has 1 aliphatic rings. The third-order valence-electron chi connectivity index (χ3n) is 2.92. The number of anilines is 1. The van der Waals surface area contributed by atoms with Gasteiger partial charge in [-0.05, 0) is 23.8 Å². The molecule has 3 amide bonds. The Morgan fingerprint density at radius 1 is 1.25 bits per heavy atom. The van der Waals surface area contributed by atoms with E-state index in [9.17, 15) is 9.59 Å². The number of carbonyl (C=O) groups excluding carboxylic acids is 2. The summed E-state index contributed by atoms with van der Waals surface area (Å²) in [4.78, 5) is 24.3. The summed E-state index contributed by atoms with van der Waals surface area (Å²) in [6.45, 7) is 0.662. The van der Waals surface area contributed by atoms with Gasteiger partial charge in [-0.2, -0.15) is 5.26 Å². The summed E-state index contributed by atoms with van der Waals surface area (Å²) >= 11 is 0. The molecule has 0 radical (unpaired) electrons. The van der Waals surface area contributed by atoms with E-state index >= 15 is 0 Å². The number of nitrogens with one attached hydrogen (secondary N) is 2. The maximum Gasteiger partial charge on any atom is 0.326 e. The Bertz CT molecular complexity index is 599. The highest BCUT2D eigenvalue weighted by Crippen LogP contribution is 2.16. The minimum absolute atomic E-state index is 0.237. The highest BCUT2D eigenvalue weighted by atomic mass is 16.2. The minimum atomic E-state index is -0.505. The highest BCUT2D eigenvalue weighted by molar-refractivity contribution is 6.13. The van der Waals surface area contributed by atoms with Crippen LogP contribution >= 0.6 is 0 Å². The van der Waals surface area contributed by atoms with E-state index < -0.39 is 11.9 Å². The molecule has 0 aliphatic carbocycles. The zero-order chi connectivity index (χ0) is 14.5. The number of nitriles is 1. The quantitative estimate of drug-likeness (QED) is 0.636. The van der Waals surface area contributed by atoms with Crippen LogP contribution in [0.5, 0.6) is 0 Å². The molecule has 1 aromatic carbocycles. The van der Waals surface area contributed by atoms with Crippen LogP contribution in [0.25, 0.3) is 6.08 Å². The first-order chi connectivity index (χ1) is 9.60. The van der Waals surface area contributed by atoms with Crippen LogP contribution in [0.1, 0.15) is 12.0 Å². The van der Waals surface area contributed by atoms with Gasteiger partial charge in [0.25, 0.3) is 5.91 Å². The van der Waals surface area contributed by atoms with E-state index in [0.717, 1.165) is 11.3 Å². The smallest absolute Gasteiger partial charge is 0.326 e. The van der Waals surface area contributed by atoms with Crippen LogP contribution in [0.4, 0.5) is 10.5 Å². The standard InChI is InChI=1S/C14H14N4O2/c1-18(8-2-7-15)11-5-3-10(4-6-11)9-12-13(19)17-14(20)16-12/h3-6,9H,2,8H2,1H3,(H2,16,17,19,20)/b12-9+. The van der Waals surface area contributed by atoms with Crippen LogP contribution in [0, 0.1) is 11.3 Å². The van der Waals surface area contributed by atoms with Crippen LogP contribution in [-0.4, -0.2) is 25.5 Å². The molecule has 1 heterocycles. The van der Waals surface area contributed by atoms with Crippen LogP contribution in [-0.2, 0) is 4.79 Å². The molecule has 6 nitrogen and oxygen atoms in total. The summed E-state index contributed by atoms with van der Waals surface area (Å²) in [7, 11) is 1.91. The molecule has 0 saturated carbocycles. The lowest BCUT2D eigenvalue weighted by Crippen LogP contribution is -2.22. The van der Waals surface area contributed by atoms with Crippen LogP contribution in [0.3, 0.4) is 0 Å². The molecule has 20 heavy (non-hydrogen) atoms. The number of nitrogens with zero attached hydrogens (tertiary/aromatic N) is 2. The van der Waals surface area contributed by atoms with Crippen molar-refractivity contribution >= 4 is 23.7 Å². The first kappa shape index (κ1) is 13.6. The third kappa shape index (κ3) is 3.14. The molecule has 0 spiro atoms. The lowest BCUT2D eigenvalue weighted by molar-refractivity contribution is -0.115. The van der Waals surface area contributed by atoms with Crippen molar-refractivity contribution in [2.75, 3.05) is 18.5 Å². The molecule has 0 unspecified atom stereocenters. The number of amides is 3. The van der Waals surface area contributed by atoms with Crippen LogP contribution < -0.4 is 15.5 Å². The van der Waals surface area contributed by atoms with E-state index in [0.29, 0.717) is 13.0 Å². The van der Waals surface area contributed by atoms with Gasteiger partial charge in [-0.15, -0.1) is 0 Å². The number of urea groups is 1. The Labute approximate surface area is 116 Å². The van der Waals surface area contributed by atoms with Gasteiger partial charge in [-0.3, -0.25) is 10.1 Å². The molecular formula is C14H14N4O2. The van der Waals surface area contributed by atoms with E-state index in [1.165, 1.54) is 0 Å². The van der Waals surface area contributed by atoms with E-state index in [4.69, 9.17) is 5.26 Å². The Morgan fingerprint density at radius 2 is 1.95 bits per heavy atom. The van der Waals surface area contributed by atoms with Gasteiger partial charge in [0, 0.05) is 19.3 Å². The minimum Gasteiger partial charge on any atom is -0.374 e. The average molecular weight is 270 g/mol. The topological polar surface area (TPSA) is 85.2 Å². The number of hydrogen-bond acceptors (Lipinski definition) is 4. The SMILES string of the molecule is CN(CCC#N)c1ccc(/C=C2/NC(=O)NC2=O)cc1. The van der Waals surface area contributed by atoms with Gasteiger partial charge in [0.1, 0.15) is 5.70 Å². The number of hydrogen-bond donors (Lipinski definition) is 2. The first-order valence-corrected chi connectivity index (χ1v) is 6.12. The molecule has 0 bridgehead atoms. The van der Waals surface area contributed by atoms with Gasteiger partial charge in [0.05, 0.1) is 12.5 Å². The molecule has 1 aromatic rings. The zero-order valence-electron chi connectivity index (χ0n) is 11.0. The van der Waals surface area contributed by atoms with Gasteiger partial charge in [0.15, 0.2) is 0 Å². The predicted molar refractivity (Wildman–Crippen MR) is 74.6 cm³/mol. The molecule has 0 aromatic heterocycles. The van der Waals surface area contributed by atoms with Crippen molar-refractivity contribution in [3.05, 3.63) is 35.5 Å². The fourth-order valence-corrected chi connectivity index (χ4v) is 1.82. The molecule has 6 heteroatoms. The summed E-state index contributed by atoms with van der Waals surface area (Å²) < 4.78 is 0. The van der Waals surface area contributed by atoms with Crippen molar-refractivity contribution in [3.8, 4) is 6.07 Å².